The van der Waals surface area contributed by atoms with Crippen LogP contribution in [0.4, 0.5) is 0 Å². The van der Waals surface area contributed by atoms with Crippen molar-refractivity contribution in [3.8, 4) is 17.0 Å². The smallest absolute Gasteiger partial charge is 0.213 e. The number of hydrogen-bond acceptors (Lipinski definition) is 5. The van der Waals surface area contributed by atoms with Crippen molar-refractivity contribution in [3.05, 3.63) is 35.5 Å². The Labute approximate surface area is 107 Å². The molecule has 18 heavy (non-hydrogen) atoms. The number of methoxy groups -OCH3 is 1. The van der Waals surface area contributed by atoms with E-state index < -0.39 is 0 Å². The first-order valence-corrected chi connectivity index (χ1v) is 6.13. The Morgan fingerprint density at radius 1 is 1.33 bits per heavy atom. The van der Waals surface area contributed by atoms with Crippen molar-refractivity contribution in [1.82, 2.24) is 14.6 Å². The molecule has 2 aromatic heterocycles. The second kappa shape index (κ2) is 4.23. The van der Waals surface area contributed by atoms with Gasteiger partial charge in [-0.1, -0.05) is 11.3 Å². The maximum atomic E-state index is 11.2. The van der Waals surface area contributed by atoms with E-state index in [2.05, 4.69) is 10.1 Å². The summed E-state index contributed by atoms with van der Waals surface area (Å²) < 4.78 is 6.65. The lowest BCUT2D eigenvalue weighted by molar-refractivity contribution is 0.111. The Balaban J connectivity index is 2.17. The number of rotatable bonds is 3. The molecule has 0 amide bonds. The molecule has 3 rings (SSSR count). The van der Waals surface area contributed by atoms with Gasteiger partial charge in [0.25, 0.3) is 0 Å². The highest BCUT2D eigenvalue weighted by atomic mass is 32.1. The molecule has 0 saturated carbocycles. The number of carbonyl (C=O) groups is 1. The normalized spacial score (nSPS) is 10.7. The fourth-order valence-corrected chi connectivity index (χ4v) is 2.40. The van der Waals surface area contributed by atoms with Gasteiger partial charge in [0.2, 0.25) is 4.96 Å². The summed E-state index contributed by atoms with van der Waals surface area (Å²) in [6.07, 6.45) is 0.777. The highest BCUT2D eigenvalue weighted by molar-refractivity contribution is 7.14. The van der Waals surface area contributed by atoms with E-state index in [4.69, 9.17) is 4.74 Å². The number of hydrogen-bond donors (Lipinski definition) is 0. The second-order valence-electron chi connectivity index (χ2n) is 3.63. The summed E-state index contributed by atoms with van der Waals surface area (Å²) in [6.45, 7) is 0. The zero-order valence-corrected chi connectivity index (χ0v) is 10.3. The predicted octanol–water partition coefficient (Wildman–Crippen LogP) is 2.28. The van der Waals surface area contributed by atoms with Crippen LogP contribution in [0, 0.1) is 0 Å². The van der Waals surface area contributed by atoms with Crippen LogP contribution in [0.1, 0.15) is 10.5 Å². The molecular formula is C12H9N3O2S. The van der Waals surface area contributed by atoms with Gasteiger partial charge in [-0.25, -0.2) is 4.98 Å². The zero-order chi connectivity index (χ0) is 12.5. The highest BCUT2D eigenvalue weighted by Gasteiger charge is 2.15. The van der Waals surface area contributed by atoms with Crippen molar-refractivity contribution in [2.75, 3.05) is 7.11 Å². The molecule has 0 radical (unpaired) electrons. The number of imidazole rings is 1. The molecule has 1 aromatic carbocycles. The largest absolute Gasteiger partial charge is 0.497 e. The number of aromatic nitrogens is 3. The summed E-state index contributed by atoms with van der Waals surface area (Å²) >= 11 is 1.40. The van der Waals surface area contributed by atoms with Crippen molar-refractivity contribution < 1.29 is 9.53 Å². The van der Waals surface area contributed by atoms with Gasteiger partial charge >= 0.3 is 0 Å². The molecule has 0 aliphatic carbocycles. The molecule has 3 aromatic rings. The van der Waals surface area contributed by atoms with Gasteiger partial charge in [-0.3, -0.25) is 4.79 Å². The molecule has 0 N–H and O–H groups in total. The third-order valence-corrected chi connectivity index (χ3v) is 3.33. The molecule has 0 spiro atoms. The number of carbonyl (C=O) groups excluding carboxylic acids is 1. The molecule has 90 valence electrons. The number of ether oxygens (including phenoxy) is 1. The first-order valence-electron chi connectivity index (χ1n) is 5.25. The molecule has 0 saturated heterocycles. The SMILES string of the molecule is COc1ccc(-c2nc3scnn3c2C=O)cc1. The number of nitrogens with zero attached hydrogens (tertiary/aromatic N) is 3. The lowest BCUT2D eigenvalue weighted by Crippen LogP contribution is -1.93. The molecule has 6 heteroatoms. The van der Waals surface area contributed by atoms with Crippen molar-refractivity contribution >= 4 is 22.6 Å². The number of aldehydes is 1. The summed E-state index contributed by atoms with van der Waals surface area (Å²) in [6, 6.07) is 7.42. The summed E-state index contributed by atoms with van der Waals surface area (Å²) in [5.74, 6) is 0.769. The lowest BCUT2D eigenvalue weighted by Gasteiger charge is -2.01. The van der Waals surface area contributed by atoms with Crippen LogP contribution in [-0.4, -0.2) is 28.0 Å². The highest BCUT2D eigenvalue weighted by Crippen LogP contribution is 2.26. The summed E-state index contributed by atoms with van der Waals surface area (Å²) in [5.41, 5.74) is 3.65. The molecule has 2 heterocycles. The Morgan fingerprint density at radius 3 is 2.78 bits per heavy atom. The molecule has 0 aliphatic heterocycles. The third-order valence-electron chi connectivity index (χ3n) is 2.66. The standard InChI is InChI=1S/C12H9N3O2S/c1-17-9-4-2-8(3-5-9)11-10(6-16)15-12(14-11)18-7-13-15/h2-7H,1H3. The maximum Gasteiger partial charge on any atom is 0.213 e. The summed E-state index contributed by atoms with van der Waals surface area (Å²) in [7, 11) is 1.61. The van der Waals surface area contributed by atoms with Crippen LogP contribution in [0.5, 0.6) is 5.75 Å². The van der Waals surface area contributed by atoms with E-state index in [1.54, 1.807) is 17.1 Å². The van der Waals surface area contributed by atoms with Crippen LogP contribution >= 0.6 is 11.3 Å². The van der Waals surface area contributed by atoms with Crippen LogP contribution in [0.25, 0.3) is 16.2 Å². The van der Waals surface area contributed by atoms with Gasteiger partial charge in [0, 0.05) is 5.56 Å². The van der Waals surface area contributed by atoms with E-state index in [-0.39, 0.29) is 0 Å². The van der Waals surface area contributed by atoms with E-state index in [9.17, 15) is 4.79 Å². The van der Waals surface area contributed by atoms with Gasteiger partial charge < -0.3 is 4.74 Å². The summed E-state index contributed by atoms with van der Waals surface area (Å²) in [4.78, 5) is 16.3. The first-order chi connectivity index (χ1) is 8.83. The van der Waals surface area contributed by atoms with Gasteiger partial charge in [-0.2, -0.15) is 9.61 Å². The molecule has 0 fully saturated rings. The van der Waals surface area contributed by atoms with Crippen LogP contribution in [0.15, 0.2) is 29.8 Å². The van der Waals surface area contributed by atoms with Crippen molar-refractivity contribution in [2.45, 2.75) is 0 Å². The van der Waals surface area contributed by atoms with Crippen molar-refractivity contribution in [2.24, 2.45) is 0 Å². The number of benzene rings is 1. The average Bonchev–Trinajstić information content (AvgIpc) is 2.98. The fraction of sp³-hybridized carbons (Fsp3) is 0.0833. The zero-order valence-electron chi connectivity index (χ0n) is 9.53. The molecule has 0 bridgehead atoms. The quantitative estimate of drug-likeness (QED) is 0.677. The second-order valence-corrected chi connectivity index (χ2v) is 4.44. The topological polar surface area (TPSA) is 56.5 Å². The molecular weight excluding hydrogens is 250 g/mol. The van der Waals surface area contributed by atoms with Gasteiger partial charge in [-0.05, 0) is 24.3 Å². The Hall–Kier alpha value is -2.21. The molecule has 0 aliphatic rings. The molecule has 0 atom stereocenters. The Morgan fingerprint density at radius 2 is 2.11 bits per heavy atom. The van der Waals surface area contributed by atoms with Gasteiger partial charge in [0.1, 0.15) is 22.6 Å². The van der Waals surface area contributed by atoms with E-state index >= 15 is 0 Å². The van der Waals surface area contributed by atoms with E-state index in [1.165, 1.54) is 11.3 Å². The van der Waals surface area contributed by atoms with Crippen LogP contribution in [0.3, 0.4) is 0 Å². The minimum atomic E-state index is 0.469. The Kier molecular flexibility index (Phi) is 2.56. The molecule has 0 unspecified atom stereocenters. The van der Waals surface area contributed by atoms with Crippen molar-refractivity contribution in [1.29, 1.82) is 0 Å². The third kappa shape index (κ3) is 1.58. The van der Waals surface area contributed by atoms with Gasteiger partial charge in [0.15, 0.2) is 6.29 Å². The summed E-state index contributed by atoms with van der Waals surface area (Å²) in [5, 5.41) is 4.09. The van der Waals surface area contributed by atoms with Crippen LogP contribution < -0.4 is 4.74 Å². The minimum absolute atomic E-state index is 0.469. The lowest BCUT2D eigenvalue weighted by atomic mass is 10.1. The minimum Gasteiger partial charge on any atom is -0.497 e. The van der Waals surface area contributed by atoms with Gasteiger partial charge in [0.05, 0.1) is 7.11 Å². The number of fused-ring (bicyclic) bond motifs is 1. The van der Waals surface area contributed by atoms with E-state index in [0.717, 1.165) is 17.6 Å². The monoisotopic (exact) mass is 259 g/mol. The average molecular weight is 259 g/mol. The van der Waals surface area contributed by atoms with Crippen molar-refractivity contribution in [3.63, 3.8) is 0 Å². The maximum absolute atomic E-state index is 11.2. The van der Waals surface area contributed by atoms with Gasteiger partial charge in [-0.15, -0.1) is 0 Å². The first kappa shape index (κ1) is 10.9. The fourth-order valence-electron chi connectivity index (χ4n) is 1.78. The van der Waals surface area contributed by atoms with E-state index in [0.29, 0.717) is 16.3 Å². The molecule has 5 nitrogen and oxygen atoms in total. The van der Waals surface area contributed by atoms with E-state index in [1.807, 2.05) is 24.3 Å². The Bertz CT molecular complexity index is 700. The van der Waals surface area contributed by atoms with Crippen LogP contribution in [-0.2, 0) is 0 Å². The van der Waals surface area contributed by atoms with Crippen LogP contribution in [0.2, 0.25) is 0 Å². The predicted molar refractivity (Wildman–Crippen MR) is 68.2 cm³/mol.